The number of nitrogens with one attached hydrogen (secondary N) is 1. The fraction of sp³-hybridized carbons (Fsp3) is 0.600. The van der Waals surface area contributed by atoms with Gasteiger partial charge in [0.2, 0.25) is 0 Å². The van der Waals surface area contributed by atoms with Crippen molar-refractivity contribution in [3.63, 3.8) is 0 Å². The SMILES string of the molecule is CCN(Cc1ccc(Cl)cc1Br)CC1CCNCC1. The molecule has 0 radical (unpaired) electrons. The smallest absolute Gasteiger partial charge is 0.0417 e. The van der Waals surface area contributed by atoms with Gasteiger partial charge in [-0.3, -0.25) is 4.90 Å². The molecule has 0 unspecified atom stereocenters. The van der Waals surface area contributed by atoms with Crippen molar-refractivity contribution in [2.45, 2.75) is 26.3 Å². The Labute approximate surface area is 129 Å². The largest absolute Gasteiger partial charge is 0.317 e. The van der Waals surface area contributed by atoms with Crippen molar-refractivity contribution in [2.75, 3.05) is 26.2 Å². The van der Waals surface area contributed by atoms with E-state index < -0.39 is 0 Å². The van der Waals surface area contributed by atoms with Gasteiger partial charge in [-0.1, -0.05) is 40.5 Å². The minimum atomic E-state index is 0.789. The molecule has 0 saturated carbocycles. The highest BCUT2D eigenvalue weighted by Crippen LogP contribution is 2.23. The molecule has 1 aromatic rings. The summed E-state index contributed by atoms with van der Waals surface area (Å²) in [5.74, 6) is 0.840. The maximum atomic E-state index is 5.99. The third-order valence-corrected chi connectivity index (χ3v) is 4.80. The molecular weight excluding hydrogens is 324 g/mol. The average Bonchev–Trinajstić information content (AvgIpc) is 2.42. The summed E-state index contributed by atoms with van der Waals surface area (Å²) in [6.45, 7) is 7.88. The Balaban J connectivity index is 1.94. The van der Waals surface area contributed by atoms with Crippen molar-refractivity contribution in [3.8, 4) is 0 Å². The number of hydrogen-bond donors (Lipinski definition) is 1. The summed E-state index contributed by atoms with van der Waals surface area (Å²) in [5, 5.41) is 4.22. The normalized spacial score (nSPS) is 17.1. The van der Waals surface area contributed by atoms with Gasteiger partial charge in [-0.05, 0) is 56.1 Å². The molecule has 4 heteroatoms. The quantitative estimate of drug-likeness (QED) is 0.870. The number of nitrogens with zero attached hydrogens (tertiary/aromatic N) is 1. The first-order valence-electron chi connectivity index (χ1n) is 7.06. The van der Waals surface area contributed by atoms with Crippen LogP contribution in [-0.4, -0.2) is 31.1 Å². The molecule has 2 rings (SSSR count). The molecule has 1 aromatic carbocycles. The van der Waals surface area contributed by atoms with Crippen LogP contribution < -0.4 is 5.32 Å². The summed E-state index contributed by atoms with van der Waals surface area (Å²) >= 11 is 9.60. The van der Waals surface area contributed by atoms with Crippen LogP contribution in [0.3, 0.4) is 0 Å². The lowest BCUT2D eigenvalue weighted by Gasteiger charge is -2.29. The average molecular weight is 346 g/mol. The van der Waals surface area contributed by atoms with Crippen LogP contribution in [0, 0.1) is 5.92 Å². The van der Waals surface area contributed by atoms with Crippen LogP contribution >= 0.6 is 27.5 Å². The van der Waals surface area contributed by atoms with Crippen LogP contribution in [-0.2, 0) is 6.54 Å². The number of halogens is 2. The van der Waals surface area contributed by atoms with E-state index in [4.69, 9.17) is 11.6 Å². The fourth-order valence-electron chi connectivity index (χ4n) is 2.63. The highest BCUT2D eigenvalue weighted by atomic mass is 79.9. The van der Waals surface area contributed by atoms with Gasteiger partial charge in [0.15, 0.2) is 0 Å². The van der Waals surface area contributed by atoms with E-state index in [-0.39, 0.29) is 0 Å². The van der Waals surface area contributed by atoms with Crippen LogP contribution in [0.4, 0.5) is 0 Å². The molecule has 0 amide bonds. The predicted octanol–water partition coefficient (Wildman–Crippen LogP) is 3.92. The second-order valence-electron chi connectivity index (χ2n) is 5.26. The molecule has 106 valence electrons. The molecular formula is C15H22BrClN2. The van der Waals surface area contributed by atoms with E-state index in [0.29, 0.717) is 0 Å². The Morgan fingerprint density at radius 1 is 1.37 bits per heavy atom. The van der Waals surface area contributed by atoms with Crippen molar-refractivity contribution in [3.05, 3.63) is 33.3 Å². The lowest BCUT2D eigenvalue weighted by molar-refractivity contribution is 0.207. The van der Waals surface area contributed by atoms with Crippen molar-refractivity contribution in [2.24, 2.45) is 5.92 Å². The van der Waals surface area contributed by atoms with Gasteiger partial charge in [0, 0.05) is 22.6 Å². The number of hydrogen-bond acceptors (Lipinski definition) is 2. The number of piperidine rings is 1. The lowest BCUT2D eigenvalue weighted by Crippen LogP contribution is -2.35. The van der Waals surface area contributed by atoms with Crippen LogP contribution in [0.25, 0.3) is 0 Å². The van der Waals surface area contributed by atoms with Crippen molar-refractivity contribution in [1.29, 1.82) is 0 Å². The second kappa shape index (κ2) is 7.63. The Morgan fingerprint density at radius 2 is 2.11 bits per heavy atom. The monoisotopic (exact) mass is 344 g/mol. The zero-order valence-electron chi connectivity index (χ0n) is 11.5. The molecule has 1 aliphatic rings. The molecule has 2 nitrogen and oxygen atoms in total. The zero-order chi connectivity index (χ0) is 13.7. The second-order valence-corrected chi connectivity index (χ2v) is 6.55. The van der Waals surface area contributed by atoms with Gasteiger partial charge in [0.05, 0.1) is 0 Å². The lowest BCUT2D eigenvalue weighted by atomic mass is 9.97. The van der Waals surface area contributed by atoms with E-state index in [2.05, 4.69) is 39.1 Å². The topological polar surface area (TPSA) is 15.3 Å². The van der Waals surface area contributed by atoms with Gasteiger partial charge in [-0.2, -0.15) is 0 Å². The molecule has 1 N–H and O–H groups in total. The summed E-state index contributed by atoms with van der Waals surface area (Å²) in [6, 6.07) is 6.08. The minimum Gasteiger partial charge on any atom is -0.317 e. The van der Waals surface area contributed by atoms with Gasteiger partial charge in [0.25, 0.3) is 0 Å². The molecule has 1 heterocycles. The van der Waals surface area contributed by atoms with Crippen molar-refractivity contribution in [1.82, 2.24) is 10.2 Å². The third-order valence-electron chi connectivity index (χ3n) is 3.83. The summed E-state index contributed by atoms with van der Waals surface area (Å²) in [4.78, 5) is 2.53. The summed E-state index contributed by atoms with van der Waals surface area (Å²) in [6.07, 6.45) is 2.61. The van der Waals surface area contributed by atoms with E-state index in [1.165, 1.54) is 38.0 Å². The van der Waals surface area contributed by atoms with E-state index in [1.54, 1.807) is 0 Å². The van der Waals surface area contributed by atoms with E-state index in [1.807, 2.05) is 12.1 Å². The Kier molecular flexibility index (Phi) is 6.14. The summed E-state index contributed by atoms with van der Waals surface area (Å²) in [7, 11) is 0. The number of rotatable bonds is 5. The minimum absolute atomic E-state index is 0.789. The molecule has 0 aliphatic carbocycles. The first kappa shape index (κ1) is 15.3. The highest BCUT2D eigenvalue weighted by Gasteiger charge is 2.16. The van der Waals surface area contributed by atoms with Crippen molar-refractivity contribution >= 4 is 27.5 Å². The summed E-state index contributed by atoms with van der Waals surface area (Å²) in [5.41, 5.74) is 1.32. The fourth-order valence-corrected chi connectivity index (χ4v) is 3.43. The van der Waals surface area contributed by atoms with Gasteiger partial charge >= 0.3 is 0 Å². The van der Waals surface area contributed by atoms with Crippen LogP contribution in [0.15, 0.2) is 22.7 Å². The van der Waals surface area contributed by atoms with Crippen LogP contribution in [0.2, 0.25) is 5.02 Å². The zero-order valence-corrected chi connectivity index (χ0v) is 13.8. The molecule has 1 saturated heterocycles. The predicted molar refractivity (Wildman–Crippen MR) is 85.7 cm³/mol. The van der Waals surface area contributed by atoms with Crippen LogP contribution in [0.1, 0.15) is 25.3 Å². The van der Waals surface area contributed by atoms with Crippen molar-refractivity contribution < 1.29 is 0 Å². The number of benzene rings is 1. The Bertz CT molecular complexity index is 405. The third kappa shape index (κ3) is 4.75. The van der Waals surface area contributed by atoms with Crippen LogP contribution in [0.5, 0.6) is 0 Å². The highest BCUT2D eigenvalue weighted by molar-refractivity contribution is 9.10. The van der Waals surface area contributed by atoms with Gasteiger partial charge in [-0.15, -0.1) is 0 Å². The van der Waals surface area contributed by atoms with Gasteiger partial charge < -0.3 is 5.32 Å². The maximum Gasteiger partial charge on any atom is 0.0417 e. The molecule has 0 bridgehead atoms. The maximum absolute atomic E-state index is 5.99. The molecule has 19 heavy (non-hydrogen) atoms. The molecule has 1 aliphatic heterocycles. The first-order chi connectivity index (χ1) is 9.19. The first-order valence-corrected chi connectivity index (χ1v) is 8.23. The molecule has 1 fully saturated rings. The van der Waals surface area contributed by atoms with Gasteiger partial charge in [0.1, 0.15) is 0 Å². The van der Waals surface area contributed by atoms with E-state index in [9.17, 15) is 0 Å². The van der Waals surface area contributed by atoms with E-state index >= 15 is 0 Å². The molecule has 0 spiro atoms. The van der Waals surface area contributed by atoms with Gasteiger partial charge in [-0.25, -0.2) is 0 Å². The standard InChI is InChI=1S/C15H22BrClN2/c1-2-19(10-12-5-7-18-8-6-12)11-13-3-4-14(17)9-15(13)16/h3-4,9,12,18H,2,5-8,10-11H2,1H3. The molecule has 0 aromatic heterocycles. The summed E-state index contributed by atoms with van der Waals surface area (Å²) < 4.78 is 1.11. The van der Waals surface area contributed by atoms with E-state index in [0.717, 1.165) is 28.5 Å². The Hall–Kier alpha value is -0.0900. The Morgan fingerprint density at radius 3 is 2.74 bits per heavy atom. The molecule has 0 atom stereocenters.